The van der Waals surface area contributed by atoms with Gasteiger partial charge in [0.05, 0.1) is 6.42 Å². The summed E-state index contributed by atoms with van der Waals surface area (Å²) in [6.45, 7) is 4.85. The molecule has 2 aromatic heterocycles. The monoisotopic (exact) mass is 328 g/mol. The summed E-state index contributed by atoms with van der Waals surface area (Å²) in [6, 6.07) is 8.16. The number of aliphatic carboxylic acids is 1. The zero-order chi connectivity index (χ0) is 16.4. The highest BCUT2D eigenvalue weighted by molar-refractivity contribution is 7.07. The zero-order valence-electron chi connectivity index (χ0n) is 13.2. The van der Waals surface area contributed by atoms with Gasteiger partial charge in [-0.2, -0.15) is 11.3 Å². The first-order valence-electron chi connectivity index (χ1n) is 7.59. The average molecular weight is 328 g/mol. The molecule has 1 atom stereocenters. The maximum atomic E-state index is 11.1. The largest absolute Gasteiger partial charge is 0.481 e. The van der Waals surface area contributed by atoms with Crippen LogP contribution in [-0.4, -0.2) is 16.1 Å². The van der Waals surface area contributed by atoms with Gasteiger partial charge in [-0.3, -0.25) is 4.79 Å². The minimum atomic E-state index is -0.795. The van der Waals surface area contributed by atoms with Crippen LogP contribution < -0.4 is 5.32 Å². The van der Waals surface area contributed by atoms with E-state index in [1.807, 2.05) is 16.8 Å². The van der Waals surface area contributed by atoms with Gasteiger partial charge in [0.15, 0.2) is 0 Å². The number of hydrogen-bond acceptors (Lipinski definition) is 3. The number of thiophene rings is 1. The lowest BCUT2D eigenvalue weighted by atomic mass is 10.1. The first-order valence-corrected chi connectivity index (χ1v) is 8.54. The summed E-state index contributed by atoms with van der Waals surface area (Å²) in [5.74, 6) is -0.795. The molecule has 0 fully saturated rings. The smallest absolute Gasteiger partial charge is 0.305 e. The number of hydrogen-bond donors (Lipinski definition) is 3. The van der Waals surface area contributed by atoms with Crippen molar-refractivity contribution >= 4 is 28.2 Å². The highest BCUT2D eigenvalue weighted by Gasteiger charge is 2.16. The van der Waals surface area contributed by atoms with Crippen LogP contribution in [0.25, 0.3) is 10.9 Å². The first kappa shape index (κ1) is 15.8. The van der Waals surface area contributed by atoms with Crippen LogP contribution in [0.5, 0.6) is 0 Å². The Morgan fingerprint density at radius 1 is 1.35 bits per heavy atom. The molecular formula is C18H20N2O2S. The maximum absolute atomic E-state index is 11.1. The second-order valence-electron chi connectivity index (χ2n) is 5.85. The molecule has 0 aliphatic carbocycles. The van der Waals surface area contributed by atoms with Gasteiger partial charge >= 0.3 is 5.97 Å². The molecule has 0 saturated heterocycles. The van der Waals surface area contributed by atoms with Gasteiger partial charge in [-0.15, -0.1) is 0 Å². The van der Waals surface area contributed by atoms with Crippen LogP contribution in [0, 0.1) is 13.8 Å². The number of aryl methyl sites for hydroxylation is 2. The van der Waals surface area contributed by atoms with Crippen LogP contribution >= 0.6 is 11.3 Å². The van der Waals surface area contributed by atoms with Crippen molar-refractivity contribution in [3.8, 4) is 0 Å². The Labute approximate surface area is 139 Å². The minimum absolute atomic E-state index is 0.0785. The van der Waals surface area contributed by atoms with Gasteiger partial charge in [-0.05, 0) is 59.5 Å². The number of nitrogens with one attached hydrogen (secondary N) is 2. The molecule has 120 valence electrons. The first-order chi connectivity index (χ1) is 11.0. The topological polar surface area (TPSA) is 65.1 Å². The van der Waals surface area contributed by atoms with Crippen molar-refractivity contribution in [1.82, 2.24) is 10.3 Å². The maximum Gasteiger partial charge on any atom is 0.305 e. The van der Waals surface area contributed by atoms with E-state index in [2.05, 4.69) is 42.3 Å². The van der Waals surface area contributed by atoms with Crippen LogP contribution in [0.15, 0.2) is 35.0 Å². The predicted molar refractivity (Wildman–Crippen MR) is 93.9 cm³/mol. The van der Waals surface area contributed by atoms with Crippen molar-refractivity contribution in [2.75, 3.05) is 0 Å². The molecule has 0 amide bonds. The fourth-order valence-electron chi connectivity index (χ4n) is 2.80. The summed E-state index contributed by atoms with van der Waals surface area (Å²) in [5.41, 5.74) is 5.78. The van der Waals surface area contributed by atoms with Crippen molar-refractivity contribution in [2.24, 2.45) is 0 Å². The van der Waals surface area contributed by atoms with Gasteiger partial charge in [0.25, 0.3) is 0 Å². The van der Waals surface area contributed by atoms with E-state index in [1.165, 1.54) is 16.5 Å². The summed E-state index contributed by atoms with van der Waals surface area (Å²) in [6.07, 6.45) is 0.0785. The average Bonchev–Trinajstić information content (AvgIpc) is 3.16. The van der Waals surface area contributed by atoms with E-state index in [1.54, 1.807) is 11.3 Å². The molecule has 3 rings (SSSR count). The highest BCUT2D eigenvalue weighted by atomic mass is 32.1. The van der Waals surface area contributed by atoms with Crippen molar-refractivity contribution in [2.45, 2.75) is 32.9 Å². The third-order valence-corrected chi connectivity index (χ3v) is 4.96. The van der Waals surface area contributed by atoms with Gasteiger partial charge in [-0.1, -0.05) is 6.07 Å². The molecular weight excluding hydrogens is 308 g/mol. The van der Waals surface area contributed by atoms with Crippen molar-refractivity contribution in [3.63, 3.8) is 0 Å². The second kappa shape index (κ2) is 6.56. The SMILES string of the molecule is Cc1ccc2[nH]c(CN[C@@H](CC(=O)O)c3ccsc3)cc2c1C. The number of carboxylic acid groups (broad SMARTS) is 1. The Morgan fingerprint density at radius 2 is 2.17 bits per heavy atom. The standard InChI is InChI=1S/C18H20N2O2S/c1-11-3-4-16-15(12(11)2)7-14(20-16)9-19-17(8-18(21)22)13-5-6-23-10-13/h3-7,10,17,19-20H,8-9H2,1-2H3,(H,21,22)/t17-/m0/s1. The highest BCUT2D eigenvalue weighted by Crippen LogP contribution is 2.24. The number of carboxylic acids is 1. The Hall–Kier alpha value is -2.11. The molecule has 0 aliphatic rings. The van der Waals surface area contributed by atoms with Crippen LogP contribution in [-0.2, 0) is 11.3 Å². The molecule has 5 heteroatoms. The third-order valence-electron chi connectivity index (χ3n) is 4.26. The summed E-state index contributed by atoms with van der Waals surface area (Å²) in [4.78, 5) is 14.5. The molecule has 1 aromatic carbocycles. The van der Waals surface area contributed by atoms with Crippen molar-refractivity contribution < 1.29 is 9.90 Å². The molecule has 3 aromatic rings. The lowest BCUT2D eigenvalue weighted by Crippen LogP contribution is -2.23. The number of benzene rings is 1. The molecule has 0 aliphatic heterocycles. The summed E-state index contributed by atoms with van der Waals surface area (Å²) in [5, 5.41) is 17.7. The zero-order valence-corrected chi connectivity index (χ0v) is 14.0. The summed E-state index contributed by atoms with van der Waals surface area (Å²) < 4.78 is 0. The molecule has 0 saturated carbocycles. The van der Waals surface area contributed by atoms with E-state index < -0.39 is 5.97 Å². The molecule has 4 nitrogen and oxygen atoms in total. The molecule has 23 heavy (non-hydrogen) atoms. The van der Waals surface area contributed by atoms with Crippen molar-refractivity contribution in [1.29, 1.82) is 0 Å². The summed E-state index contributed by atoms with van der Waals surface area (Å²) in [7, 11) is 0. The Bertz CT molecular complexity index is 821. The lowest BCUT2D eigenvalue weighted by molar-refractivity contribution is -0.137. The van der Waals surface area contributed by atoms with Crippen LogP contribution in [0.4, 0.5) is 0 Å². The second-order valence-corrected chi connectivity index (χ2v) is 6.63. The number of aromatic nitrogens is 1. The number of aromatic amines is 1. The fourth-order valence-corrected chi connectivity index (χ4v) is 3.51. The molecule has 0 unspecified atom stereocenters. The van der Waals surface area contributed by atoms with Crippen molar-refractivity contribution in [3.05, 3.63) is 57.4 Å². The molecule has 0 radical (unpaired) electrons. The number of rotatable bonds is 6. The van der Waals surface area contributed by atoms with Gasteiger partial charge in [0.1, 0.15) is 0 Å². The Kier molecular flexibility index (Phi) is 4.50. The number of H-pyrrole nitrogens is 1. The molecule has 2 heterocycles. The van der Waals surface area contributed by atoms with E-state index in [0.717, 1.165) is 16.8 Å². The Morgan fingerprint density at radius 3 is 2.87 bits per heavy atom. The van der Waals surface area contributed by atoms with E-state index in [0.29, 0.717) is 6.54 Å². The minimum Gasteiger partial charge on any atom is -0.481 e. The molecule has 3 N–H and O–H groups in total. The quantitative estimate of drug-likeness (QED) is 0.637. The number of carbonyl (C=O) groups is 1. The van der Waals surface area contributed by atoms with Crippen LogP contribution in [0.3, 0.4) is 0 Å². The van der Waals surface area contributed by atoms with Crippen LogP contribution in [0.2, 0.25) is 0 Å². The lowest BCUT2D eigenvalue weighted by Gasteiger charge is -2.15. The van der Waals surface area contributed by atoms with E-state index in [-0.39, 0.29) is 12.5 Å². The fraction of sp³-hybridized carbons (Fsp3) is 0.278. The van der Waals surface area contributed by atoms with Crippen LogP contribution in [0.1, 0.15) is 34.8 Å². The van der Waals surface area contributed by atoms with Gasteiger partial charge in [-0.25, -0.2) is 0 Å². The summed E-state index contributed by atoms with van der Waals surface area (Å²) >= 11 is 1.58. The predicted octanol–water partition coefficient (Wildman–Crippen LogP) is 4.15. The molecule has 0 bridgehead atoms. The third kappa shape index (κ3) is 3.46. The van der Waals surface area contributed by atoms with E-state index in [4.69, 9.17) is 5.11 Å². The van der Waals surface area contributed by atoms with Gasteiger partial charge in [0, 0.05) is 29.2 Å². The molecule has 0 spiro atoms. The van der Waals surface area contributed by atoms with E-state index >= 15 is 0 Å². The Balaban J connectivity index is 1.78. The van der Waals surface area contributed by atoms with E-state index in [9.17, 15) is 4.79 Å². The number of fused-ring (bicyclic) bond motifs is 1. The van der Waals surface area contributed by atoms with Gasteiger partial charge in [0.2, 0.25) is 0 Å². The van der Waals surface area contributed by atoms with Gasteiger partial charge < -0.3 is 15.4 Å². The normalized spacial score (nSPS) is 12.6.